The predicted molar refractivity (Wildman–Crippen MR) is 107 cm³/mol. The zero-order valence-corrected chi connectivity index (χ0v) is 17.3. The molecule has 2 N–H and O–H groups in total. The Morgan fingerprint density at radius 2 is 1.86 bits per heavy atom. The summed E-state index contributed by atoms with van der Waals surface area (Å²) in [6, 6.07) is 8.76. The van der Waals surface area contributed by atoms with Gasteiger partial charge in [0.2, 0.25) is 0 Å². The van der Waals surface area contributed by atoms with E-state index >= 15 is 0 Å². The molecule has 0 spiro atoms. The van der Waals surface area contributed by atoms with Crippen molar-refractivity contribution >= 4 is 33.2 Å². The van der Waals surface area contributed by atoms with Crippen LogP contribution in [-0.2, 0) is 26.0 Å². The maximum atomic E-state index is 12.9. The summed E-state index contributed by atoms with van der Waals surface area (Å²) >= 11 is 1.15. The number of carbonyl (C=O) groups is 2. The van der Waals surface area contributed by atoms with Gasteiger partial charge in [-0.15, -0.1) is 11.3 Å². The molecule has 1 aromatic heterocycles. The minimum atomic E-state index is -3.59. The number of nitrogens with one attached hydrogen (secondary N) is 2. The number of nitrogens with zero attached hydrogens (tertiary/aromatic N) is 1. The van der Waals surface area contributed by atoms with Gasteiger partial charge in [0.05, 0.1) is 0 Å². The second-order valence-electron chi connectivity index (χ2n) is 6.69. The van der Waals surface area contributed by atoms with Crippen LogP contribution in [0.1, 0.15) is 18.4 Å². The number of hydrogen-bond donors (Lipinski definition) is 2. The summed E-state index contributed by atoms with van der Waals surface area (Å²) in [5.74, 6) is -1.92. The number of amides is 2. The fraction of sp³-hybridized carbons (Fsp3) is 0.368. The normalized spacial score (nSPS) is 17.2. The van der Waals surface area contributed by atoms with E-state index in [1.165, 1.54) is 16.4 Å². The molecule has 1 fully saturated rings. The molecular formula is C19H22FN3O4S2. The molecule has 10 heteroatoms. The molecule has 156 valence electrons. The Morgan fingerprint density at radius 1 is 1.14 bits per heavy atom. The summed E-state index contributed by atoms with van der Waals surface area (Å²) in [5.41, 5.74) is 0.840. The van der Waals surface area contributed by atoms with Gasteiger partial charge in [0, 0.05) is 25.7 Å². The lowest BCUT2D eigenvalue weighted by Crippen LogP contribution is -2.47. The predicted octanol–water partition coefficient (Wildman–Crippen LogP) is 1.52. The second-order valence-corrected chi connectivity index (χ2v) is 9.75. The van der Waals surface area contributed by atoms with Crippen molar-refractivity contribution in [3.8, 4) is 0 Å². The van der Waals surface area contributed by atoms with Gasteiger partial charge >= 0.3 is 11.8 Å². The van der Waals surface area contributed by atoms with E-state index in [1.54, 1.807) is 29.6 Å². The number of hydrogen-bond acceptors (Lipinski definition) is 5. The second kappa shape index (κ2) is 9.47. The SMILES string of the molecule is O=C(NCCc1ccc(F)cc1)C(=O)NCC1CCCN1S(=O)(=O)c1cccs1. The topological polar surface area (TPSA) is 95.6 Å². The van der Waals surface area contributed by atoms with Gasteiger partial charge in [-0.2, -0.15) is 4.31 Å². The van der Waals surface area contributed by atoms with Crippen molar-refractivity contribution in [1.29, 1.82) is 0 Å². The van der Waals surface area contributed by atoms with Crippen LogP contribution in [0.5, 0.6) is 0 Å². The summed E-state index contributed by atoms with van der Waals surface area (Å²) < 4.78 is 39.9. The number of rotatable bonds is 7. The number of carbonyl (C=O) groups excluding carboxylic acids is 2. The highest BCUT2D eigenvalue weighted by molar-refractivity contribution is 7.91. The molecule has 0 radical (unpaired) electrons. The molecule has 1 unspecified atom stereocenters. The lowest BCUT2D eigenvalue weighted by Gasteiger charge is -2.23. The Labute approximate surface area is 173 Å². The fourth-order valence-corrected chi connectivity index (χ4v) is 6.01. The number of sulfonamides is 1. The van der Waals surface area contributed by atoms with Crippen LogP contribution in [-0.4, -0.2) is 50.2 Å². The first-order chi connectivity index (χ1) is 13.9. The molecule has 2 heterocycles. The molecule has 0 bridgehead atoms. The molecule has 0 saturated carbocycles. The summed E-state index contributed by atoms with van der Waals surface area (Å²) in [5, 5.41) is 6.74. The maximum Gasteiger partial charge on any atom is 0.309 e. The molecule has 2 amide bonds. The summed E-state index contributed by atoms with van der Waals surface area (Å²) in [6.45, 7) is 0.708. The maximum absolute atomic E-state index is 12.9. The molecule has 1 aliphatic rings. The van der Waals surface area contributed by atoms with Gasteiger partial charge in [-0.25, -0.2) is 12.8 Å². The first kappa shape index (κ1) is 21.4. The van der Waals surface area contributed by atoms with Crippen molar-refractivity contribution in [2.24, 2.45) is 0 Å². The van der Waals surface area contributed by atoms with E-state index < -0.39 is 21.8 Å². The van der Waals surface area contributed by atoms with Gasteiger partial charge in [-0.3, -0.25) is 9.59 Å². The Bertz CT molecular complexity index is 946. The lowest BCUT2D eigenvalue weighted by molar-refractivity contribution is -0.139. The van der Waals surface area contributed by atoms with Crippen LogP contribution < -0.4 is 10.6 Å². The molecule has 1 aromatic carbocycles. The lowest BCUT2D eigenvalue weighted by atomic mass is 10.1. The summed E-state index contributed by atoms with van der Waals surface area (Å²) in [6.07, 6.45) is 1.79. The number of benzene rings is 1. The average Bonchev–Trinajstić information content (AvgIpc) is 3.40. The third kappa shape index (κ3) is 5.40. The van der Waals surface area contributed by atoms with Gasteiger partial charge in [-0.1, -0.05) is 18.2 Å². The van der Waals surface area contributed by atoms with Gasteiger partial charge in [0.25, 0.3) is 10.0 Å². The van der Waals surface area contributed by atoms with Crippen molar-refractivity contribution in [3.05, 3.63) is 53.2 Å². The quantitative estimate of drug-likeness (QED) is 0.640. The highest BCUT2D eigenvalue weighted by Gasteiger charge is 2.36. The van der Waals surface area contributed by atoms with E-state index in [4.69, 9.17) is 0 Å². The standard InChI is InChI=1S/C19H22FN3O4S2/c20-15-7-5-14(6-8-15)9-10-21-18(24)19(25)22-13-16-3-1-11-23(16)29(26,27)17-4-2-12-28-17/h2,4-8,12,16H,1,3,9-11,13H2,(H,21,24)(H,22,25). The molecule has 1 atom stereocenters. The van der Waals surface area contributed by atoms with Crippen LogP contribution >= 0.6 is 11.3 Å². The highest BCUT2D eigenvalue weighted by atomic mass is 32.2. The highest BCUT2D eigenvalue weighted by Crippen LogP contribution is 2.28. The van der Waals surface area contributed by atoms with Crippen molar-refractivity contribution in [2.75, 3.05) is 19.6 Å². The third-order valence-electron chi connectivity index (χ3n) is 4.70. The van der Waals surface area contributed by atoms with E-state index in [-0.39, 0.29) is 29.2 Å². The van der Waals surface area contributed by atoms with Gasteiger partial charge in [0.15, 0.2) is 0 Å². The largest absolute Gasteiger partial charge is 0.348 e. The van der Waals surface area contributed by atoms with Gasteiger partial charge in [0.1, 0.15) is 10.0 Å². The van der Waals surface area contributed by atoms with Crippen molar-refractivity contribution in [3.63, 3.8) is 0 Å². The Morgan fingerprint density at radius 3 is 2.55 bits per heavy atom. The minimum Gasteiger partial charge on any atom is -0.348 e. The van der Waals surface area contributed by atoms with Crippen molar-refractivity contribution < 1.29 is 22.4 Å². The number of thiophene rings is 1. The van der Waals surface area contributed by atoms with Crippen LogP contribution in [0.25, 0.3) is 0 Å². The van der Waals surface area contributed by atoms with Crippen LogP contribution in [0.3, 0.4) is 0 Å². The third-order valence-corrected chi connectivity index (χ3v) is 8.02. The van der Waals surface area contributed by atoms with E-state index in [0.29, 0.717) is 25.8 Å². The van der Waals surface area contributed by atoms with Crippen molar-refractivity contribution in [1.82, 2.24) is 14.9 Å². The summed E-state index contributed by atoms with van der Waals surface area (Å²) in [4.78, 5) is 24.0. The molecule has 3 rings (SSSR count). The van der Waals surface area contributed by atoms with Gasteiger partial charge in [-0.05, 0) is 48.4 Å². The molecule has 1 saturated heterocycles. The van der Waals surface area contributed by atoms with Crippen LogP contribution in [0.4, 0.5) is 4.39 Å². The Balaban J connectivity index is 1.46. The minimum absolute atomic E-state index is 0.0782. The fourth-order valence-electron chi connectivity index (χ4n) is 3.20. The molecule has 0 aliphatic carbocycles. The van der Waals surface area contributed by atoms with E-state index in [9.17, 15) is 22.4 Å². The van der Waals surface area contributed by atoms with Gasteiger partial charge < -0.3 is 10.6 Å². The van der Waals surface area contributed by atoms with E-state index in [2.05, 4.69) is 10.6 Å². The molecule has 7 nitrogen and oxygen atoms in total. The molecule has 2 aromatic rings. The zero-order valence-electron chi connectivity index (χ0n) is 15.6. The smallest absolute Gasteiger partial charge is 0.309 e. The van der Waals surface area contributed by atoms with Crippen LogP contribution in [0, 0.1) is 5.82 Å². The Kier molecular flexibility index (Phi) is 6.99. The van der Waals surface area contributed by atoms with Crippen LogP contribution in [0.15, 0.2) is 46.0 Å². The number of halogens is 1. The van der Waals surface area contributed by atoms with E-state index in [0.717, 1.165) is 16.9 Å². The summed E-state index contributed by atoms with van der Waals surface area (Å²) in [7, 11) is -3.59. The zero-order chi connectivity index (χ0) is 20.9. The van der Waals surface area contributed by atoms with Crippen molar-refractivity contribution in [2.45, 2.75) is 29.5 Å². The monoisotopic (exact) mass is 439 g/mol. The molecule has 1 aliphatic heterocycles. The first-order valence-electron chi connectivity index (χ1n) is 9.24. The Hall–Kier alpha value is -2.30. The van der Waals surface area contributed by atoms with E-state index in [1.807, 2.05) is 0 Å². The molecule has 29 heavy (non-hydrogen) atoms. The average molecular weight is 440 g/mol. The molecular weight excluding hydrogens is 417 g/mol. The van der Waals surface area contributed by atoms with Crippen LogP contribution in [0.2, 0.25) is 0 Å². The first-order valence-corrected chi connectivity index (χ1v) is 11.6.